The summed E-state index contributed by atoms with van der Waals surface area (Å²) in [5.41, 5.74) is 0. The fraction of sp³-hybridized carbons (Fsp3) is 0.952. The molecular weight excluding hydrogens is 321 g/mol. The second-order valence-electron chi connectivity index (χ2n) is 7.25. The Morgan fingerprint density at radius 2 is 0.880 bits per heavy atom. The van der Waals surface area contributed by atoms with Gasteiger partial charge in [-0.25, -0.2) is 0 Å². The molecular formula is C21H44NNaO2. The van der Waals surface area contributed by atoms with Gasteiger partial charge in [-0.15, -0.1) is 0 Å². The van der Waals surface area contributed by atoms with Crippen molar-refractivity contribution >= 4 is 35.5 Å². The first-order chi connectivity index (χ1) is 11.8. The van der Waals surface area contributed by atoms with E-state index >= 15 is 0 Å². The summed E-state index contributed by atoms with van der Waals surface area (Å²) in [7, 11) is 0. The normalized spacial score (nSPS) is 10.5. The molecule has 0 saturated carbocycles. The standard InChI is InChI=1S/C21H43NO2.Na.H/c1-2-3-4-5-6-7-8-9-10-11-12-13-14-15-16-17-18-19-20-21(23)24-22;;/h2-20,22H2,1H3;;. The summed E-state index contributed by atoms with van der Waals surface area (Å²) < 4.78 is 0. The molecule has 3 nitrogen and oxygen atoms in total. The van der Waals surface area contributed by atoms with Crippen molar-refractivity contribution in [3.63, 3.8) is 0 Å². The van der Waals surface area contributed by atoms with Gasteiger partial charge in [0.2, 0.25) is 0 Å². The molecule has 0 fully saturated rings. The minimum atomic E-state index is -0.286. The molecule has 0 aromatic carbocycles. The van der Waals surface area contributed by atoms with Crippen LogP contribution in [0, 0.1) is 0 Å². The Labute approximate surface area is 179 Å². The van der Waals surface area contributed by atoms with Gasteiger partial charge in [-0.1, -0.05) is 116 Å². The molecule has 146 valence electrons. The Kier molecular flexibility index (Phi) is 27.0. The zero-order valence-corrected chi connectivity index (χ0v) is 16.3. The molecule has 0 unspecified atom stereocenters. The third-order valence-electron chi connectivity index (χ3n) is 4.87. The number of carbonyl (C=O) groups excluding carboxylic acids is 1. The molecule has 0 bridgehead atoms. The molecule has 0 rings (SSSR count). The van der Waals surface area contributed by atoms with Crippen LogP contribution >= 0.6 is 0 Å². The SMILES string of the molecule is CCCCCCCCCCCCCCCCCCCCC(=O)ON.[NaH]. The van der Waals surface area contributed by atoms with Crippen molar-refractivity contribution in [3.05, 3.63) is 0 Å². The Morgan fingerprint density at radius 1 is 0.600 bits per heavy atom. The molecule has 25 heavy (non-hydrogen) atoms. The predicted octanol–water partition coefficient (Wildman–Crippen LogP) is 6.19. The van der Waals surface area contributed by atoms with Gasteiger partial charge < -0.3 is 4.84 Å². The van der Waals surface area contributed by atoms with E-state index in [0.717, 1.165) is 12.8 Å². The summed E-state index contributed by atoms with van der Waals surface area (Å²) in [5, 5.41) is 0. The molecule has 0 aromatic heterocycles. The first kappa shape index (κ1) is 27.6. The number of hydrogen-bond donors (Lipinski definition) is 1. The van der Waals surface area contributed by atoms with Crippen molar-refractivity contribution in [3.8, 4) is 0 Å². The molecule has 0 aliphatic rings. The monoisotopic (exact) mass is 365 g/mol. The van der Waals surface area contributed by atoms with Crippen molar-refractivity contribution in [2.24, 2.45) is 5.90 Å². The zero-order valence-electron chi connectivity index (χ0n) is 16.3. The molecule has 0 amide bonds. The van der Waals surface area contributed by atoms with Crippen LogP contribution in [0.2, 0.25) is 0 Å². The average Bonchev–Trinajstić information content (AvgIpc) is 2.60. The maximum atomic E-state index is 10.8. The predicted molar refractivity (Wildman–Crippen MR) is 111 cm³/mol. The van der Waals surface area contributed by atoms with E-state index in [1.165, 1.54) is 103 Å². The molecule has 0 saturated heterocycles. The number of rotatable bonds is 19. The fourth-order valence-electron chi connectivity index (χ4n) is 3.23. The Bertz CT molecular complexity index is 262. The third-order valence-corrected chi connectivity index (χ3v) is 4.87. The maximum absolute atomic E-state index is 10.8. The number of nitrogens with two attached hydrogens (primary N) is 1. The van der Waals surface area contributed by atoms with Gasteiger partial charge >= 0.3 is 35.5 Å². The van der Waals surface area contributed by atoms with Gasteiger partial charge in [0.25, 0.3) is 0 Å². The van der Waals surface area contributed by atoms with Gasteiger partial charge in [-0.05, 0) is 6.42 Å². The molecule has 0 radical (unpaired) electrons. The van der Waals surface area contributed by atoms with E-state index in [9.17, 15) is 4.79 Å². The van der Waals surface area contributed by atoms with Crippen molar-refractivity contribution in [1.29, 1.82) is 0 Å². The third kappa shape index (κ3) is 24.4. The van der Waals surface area contributed by atoms with E-state index in [1.807, 2.05) is 0 Å². The molecule has 0 spiro atoms. The summed E-state index contributed by atoms with van der Waals surface area (Å²) in [6, 6.07) is 0. The Balaban J connectivity index is 0. The summed E-state index contributed by atoms with van der Waals surface area (Å²) in [6.45, 7) is 2.28. The van der Waals surface area contributed by atoms with Crippen LogP contribution in [0.3, 0.4) is 0 Å². The van der Waals surface area contributed by atoms with Crippen molar-refractivity contribution in [1.82, 2.24) is 0 Å². The molecule has 0 aliphatic heterocycles. The van der Waals surface area contributed by atoms with Crippen molar-refractivity contribution in [2.45, 2.75) is 129 Å². The van der Waals surface area contributed by atoms with Crippen LogP contribution in [-0.4, -0.2) is 35.5 Å². The van der Waals surface area contributed by atoms with E-state index in [1.54, 1.807) is 0 Å². The topological polar surface area (TPSA) is 52.3 Å². The molecule has 0 aromatic rings. The quantitative estimate of drug-likeness (QED) is 0.169. The van der Waals surface area contributed by atoms with Gasteiger partial charge in [0.1, 0.15) is 0 Å². The number of hydrogen-bond acceptors (Lipinski definition) is 3. The first-order valence-corrected chi connectivity index (χ1v) is 10.7. The van der Waals surface area contributed by atoms with Crippen LogP contribution in [0.5, 0.6) is 0 Å². The molecule has 4 heteroatoms. The van der Waals surface area contributed by atoms with Gasteiger partial charge in [-0.2, -0.15) is 5.90 Å². The zero-order chi connectivity index (χ0) is 17.7. The van der Waals surface area contributed by atoms with Crippen LogP contribution in [0.4, 0.5) is 0 Å². The van der Waals surface area contributed by atoms with Crippen LogP contribution in [0.25, 0.3) is 0 Å². The average molecular weight is 366 g/mol. The Morgan fingerprint density at radius 3 is 1.16 bits per heavy atom. The second kappa shape index (κ2) is 24.4. The van der Waals surface area contributed by atoms with E-state index in [4.69, 9.17) is 5.90 Å². The van der Waals surface area contributed by atoms with Crippen LogP contribution in [-0.2, 0) is 9.63 Å². The summed E-state index contributed by atoms with van der Waals surface area (Å²) in [4.78, 5) is 15.0. The first-order valence-electron chi connectivity index (χ1n) is 10.7. The van der Waals surface area contributed by atoms with Crippen LogP contribution < -0.4 is 5.90 Å². The van der Waals surface area contributed by atoms with Gasteiger partial charge in [0.15, 0.2) is 0 Å². The second-order valence-corrected chi connectivity index (χ2v) is 7.25. The summed E-state index contributed by atoms with van der Waals surface area (Å²) in [5.74, 6) is 4.51. The summed E-state index contributed by atoms with van der Waals surface area (Å²) >= 11 is 0. The molecule has 2 N–H and O–H groups in total. The van der Waals surface area contributed by atoms with Gasteiger partial charge in [-0.3, -0.25) is 4.79 Å². The molecule has 0 heterocycles. The molecule has 0 atom stereocenters. The Hall–Kier alpha value is 0.430. The molecule has 0 aliphatic carbocycles. The van der Waals surface area contributed by atoms with Crippen molar-refractivity contribution in [2.75, 3.05) is 0 Å². The van der Waals surface area contributed by atoms with E-state index < -0.39 is 0 Å². The van der Waals surface area contributed by atoms with Gasteiger partial charge in [0.05, 0.1) is 0 Å². The van der Waals surface area contributed by atoms with Crippen LogP contribution in [0.1, 0.15) is 129 Å². The van der Waals surface area contributed by atoms with Gasteiger partial charge in [0, 0.05) is 6.42 Å². The minimum absolute atomic E-state index is 0. The summed E-state index contributed by atoms with van der Waals surface area (Å²) in [6.07, 6.45) is 24.9. The fourth-order valence-corrected chi connectivity index (χ4v) is 3.23. The van der Waals surface area contributed by atoms with Crippen molar-refractivity contribution < 1.29 is 9.63 Å². The number of unbranched alkanes of at least 4 members (excludes halogenated alkanes) is 17. The van der Waals surface area contributed by atoms with E-state index in [0.29, 0.717) is 6.42 Å². The van der Waals surface area contributed by atoms with Crippen LogP contribution in [0.15, 0.2) is 0 Å². The number of carbonyl (C=O) groups is 1. The van der Waals surface area contributed by atoms with E-state index in [2.05, 4.69) is 11.8 Å². The van der Waals surface area contributed by atoms with E-state index in [-0.39, 0.29) is 35.5 Å².